The SMILES string of the molecule is COCCCCC1(CNC(=O)[C@@H]2C[C@H](C(=O)O)CN(C(=O)O)C2)c2ccccc2Oc2ccccc21. The van der Waals surface area contributed by atoms with Crippen LogP contribution >= 0.6 is 0 Å². The first kappa shape index (κ1) is 25.5. The molecule has 0 unspecified atom stereocenters. The van der Waals surface area contributed by atoms with E-state index in [0.29, 0.717) is 6.61 Å². The second-order valence-electron chi connectivity index (χ2n) is 9.50. The lowest BCUT2D eigenvalue weighted by atomic mass is 9.69. The highest BCUT2D eigenvalue weighted by molar-refractivity contribution is 5.82. The number of ether oxygens (including phenoxy) is 2. The molecule has 2 atom stereocenters. The average molecular weight is 497 g/mol. The largest absolute Gasteiger partial charge is 0.481 e. The van der Waals surface area contributed by atoms with E-state index in [2.05, 4.69) is 5.32 Å². The first-order chi connectivity index (χ1) is 17.4. The van der Waals surface area contributed by atoms with E-state index in [4.69, 9.17) is 9.47 Å². The summed E-state index contributed by atoms with van der Waals surface area (Å²) < 4.78 is 11.4. The molecule has 2 aliphatic heterocycles. The number of nitrogens with zero attached hydrogens (tertiary/aromatic N) is 1. The molecule has 0 bridgehead atoms. The lowest BCUT2D eigenvalue weighted by Crippen LogP contribution is -2.52. The van der Waals surface area contributed by atoms with Gasteiger partial charge in [-0.1, -0.05) is 36.4 Å². The third-order valence-electron chi connectivity index (χ3n) is 7.23. The van der Waals surface area contributed by atoms with E-state index in [1.54, 1.807) is 7.11 Å². The molecule has 0 radical (unpaired) electrons. The Kier molecular flexibility index (Phi) is 7.79. The Bertz CT molecular complexity index is 1050. The van der Waals surface area contributed by atoms with Crippen molar-refractivity contribution in [1.29, 1.82) is 0 Å². The van der Waals surface area contributed by atoms with Crippen LogP contribution in [0.2, 0.25) is 0 Å². The maximum absolute atomic E-state index is 13.3. The van der Waals surface area contributed by atoms with Crippen molar-refractivity contribution in [2.75, 3.05) is 33.4 Å². The molecule has 2 aliphatic rings. The van der Waals surface area contributed by atoms with Crippen molar-refractivity contribution in [3.8, 4) is 11.5 Å². The molecular weight excluding hydrogens is 464 g/mol. The molecule has 0 spiro atoms. The predicted molar refractivity (Wildman–Crippen MR) is 131 cm³/mol. The average Bonchev–Trinajstić information content (AvgIpc) is 2.89. The number of piperidine rings is 1. The monoisotopic (exact) mass is 496 g/mol. The summed E-state index contributed by atoms with van der Waals surface area (Å²) in [5, 5.41) is 22.0. The number of para-hydroxylation sites is 2. The number of unbranched alkanes of at least 4 members (excludes halogenated alkanes) is 1. The summed E-state index contributed by atoms with van der Waals surface area (Å²) in [5.41, 5.74) is 1.38. The number of rotatable bonds is 9. The number of carbonyl (C=O) groups excluding carboxylic acids is 1. The van der Waals surface area contributed by atoms with Crippen molar-refractivity contribution in [3.05, 3.63) is 59.7 Å². The molecule has 0 aromatic heterocycles. The van der Waals surface area contributed by atoms with Crippen LogP contribution in [-0.4, -0.2) is 66.4 Å². The van der Waals surface area contributed by atoms with E-state index in [9.17, 15) is 24.6 Å². The van der Waals surface area contributed by atoms with Crippen LogP contribution in [0.4, 0.5) is 4.79 Å². The van der Waals surface area contributed by atoms with Gasteiger partial charge in [0.1, 0.15) is 11.5 Å². The van der Waals surface area contributed by atoms with E-state index < -0.39 is 29.3 Å². The highest BCUT2D eigenvalue weighted by Crippen LogP contribution is 2.50. The normalized spacial score (nSPS) is 20.0. The van der Waals surface area contributed by atoms with Crippen LogP contribution in [0.25, 0.3) is 0 Å². The summed E-state index contributed by atoms with van der Waals surface area (Å²) in [7, 11) is 1.67. The zero-order chi connectivity index (χ0) is 25.7. The van der Waals surface area contributed by atoms with Gasteiger partial charge in [-0.2, -0.15) is 0 Å². The maximum atomic E-state index is 13.3. The van der Waals surface area contributed by atoms with Crippen LogP contribution in [0.3, 0.4) is 0 Å². The van der Waals surface area contributed by atoms with E-state index in [1.807, 2.05) is 48.5 Å². The molecule has 3 N–H and O–H groups in total. The Hall–Kier alpha value is -3.59. The van der Waals surface area contributed by atoms with Crippen LogP contribution < -0.4 is 10.1 Å². The van der Waals surface area contributed by atoms with Crippen molar-refractivity contribution in [2.45, 2.75) is 31.1 Å². The zero-order valence-corrected chi connectivity index (χ0v) is 20.3. The molecule has 0 saturated carbocycles. The number of hydrogen-bond donors (Lipinski definition) is 3. The quantitative estimate of drug-likeness (QED) is 0.452. The van der Waals surface area contributed by atoms with E-state index in [0.717, 1.165) is 46.8 Å². The number of amides is 2. The lowest BCUT2D eigenvalue weighted by molar-refractivity contribution is -0.144. The lowest BCUT2D eigenvalue weighted by Gasteiger charge is -2.41. The number of nitrogens with one attached hydrogen (secondary N) is 1. The Balaban J connectivity index is 1.63. The number of methoxy groups -OCH3 is 1. The highest BCUT2D eigenvalue weighted by atomic mass is 16.5. The molecule has 2 aromatic rings. The predicted octanol–water partition coefficient (Wildman–Crippen LogP) is 3.71. The Labute approximate surface area is 210 Å². The van der Waals surface area contributed by atoms with Crippen LogP contribution in [-0.2, 0) is 19.7 Å². The van der Waals surface area contributed by atoms with Crippen molar-refractivity contribution < 1.29 is 34.1 Å². The van der Waals surface area contributed by atoms with Gasteiger partial charge in [0.25, 0.3) is 0 Å². The van der Waals surface area contributed by atoms with Gasteiger partial charge in [0, 0.05) is 49.9 Å². The number of fused-ring (bicyclic) bond motifs is 2. The third-order valence-corrected chi connectivity index (χ3v) is 7.23. The number of carboxylic acids is 1. The zero-order valence-electron chi connectivity index (χ0n) is 20.3. The van der Waals surface area contributed by atoms with Gasteiger partial charge < -0.3 is 29.9 Å². The summed E-state index contributed by atoms with van der Waals surface area (Å²) in [6.07, 6.45) is 1.32. The molecule has 2 amide bonds. The fourth-order valence-corrected chi connectivity index (χ4v) is 5.39. The summed E-state index contributed by atoms with van der Waals surface area (Å²) in [4.78, 5) is 37.6. The molecule has 9 nitrogen and oxygen atoms in total. The first-order valence-corrected chi connectivity index (χ1v) is 12.2. The molecule has 192 valence electrons. The second kappa shape index (κ2) is 11.0. The van der Waals surface area contributed by atoms with E-state index >= 15 is 0 Å². The van der Waals surface area contributed by atoms with Gasteiger partial charge in [-0.15, -0.1) is 0 Å². The van der Waals surface area contributed by atoms with Gasteiger partial charge in [-0.3, -0.25) is 9.59 Å². The van der Waals surface area contributed by atoms with Crippen molar-refractivity contribution in [3.63, 3.8) is 0 Å². The summed E-state index contributed by atoms with van der Waals surface area (Å²) >= 11 is 0. The van der Waals surface area contributed by atoms with Crippen LogP contribution in [0, 0.1) is 11.8 Å². The first-order valence-electron chi connectivity index (χ1n) is 12.2. The van der Waals surface area contributed by atoms with Gasteiger partial charge in [0.05, 0.1) is 11.8 Å². The van der Waals surface area contributed by atoms with E-state index in [1.165, 1.54) is 0 Å². The summed E-state index contributed by atoms with van der Waals surface area (Å²) in [5.74, 6) is -1.63. The summed E-state index contributed by atoms with van der Waals surface area (Å²) in [6.45, 7) is 0.765. The number of benzene rings is 2. The number of likely N-dealkylation sites (tertiary alicyclic amines) is 1. The molecule has 2 aromatic carbocycles. The van der Waals surface area contributed by atoms with Crippen molar-refractivity contribution >= 4 is 18.0 Å². The molecule has 36 heavy (non-hydrogen) atoms. The van der Waals surface area contributed by atoms with Gasteiger partial charge in [-0.05, 0) is 37.8 Å². The van der Waals surface area contributed by atoms with Crippen LogP contribution in [0.1, 0.15) is 36.8 Å². The van der Waals surface area contributed by atoms with Gasteiger partial charge in [-0.25, -0.2) is 4.79 Å². The number of hydrogen-bond acceptors (Lipinski definition) is 5. The second-order valence-corrected chi connectivity index (χ2v) is 9.50. The van der Waals surface area contributed by atoms with Crippen molar-refractivity contribution in [2.24, 2.45) is 11.8 Å². The molecule has 0 aliphatic carbocycles. The Morgan fingerprint density at radius 2 is 1.61 bits per heavy atom. The minimum Gasteiger partial charge on any atom is -0.481 e. The fraction of sp³-hybridized carbons (Fsp3) is 0.444. The number of aliphatic carboxylic acids is 1. The van der Waals surface area contributed by atoms with Gasteiger partial charge in [0.2, 0.25) is 5.91 Å². The number of carbonyl (C=O) groups is 3. The fourth-order valence-electron chi connectivity index (χ4n) is 5.39. The van der Waals surface area contributed by atoms with Crippen LogP contribution in [0.15, 0.2) is 48.5 Å². The molecule has 2 heterocycles. The molecule has 9 heteroatoms. The Morgan fingerprint density at radius 3 is 2.19 bits per heavy atom. The topological polar surface area (TPSA) is 125 Å². The third kappa shape index (κ3) is 5.16. The minimum atomic E-state index is -1.22. The van der Waals surface area contributed by atoms with Crippen molar-refractivity contribution in [1.82, 2.24) is 10.2 Å². The standard InChI is InChI=1S/C27H32N2O7/c1-35-13-7-6-12-27(20-8-2-4-10-22(20)36-23-11-5-3-9-21(23)27)17-28-24(30)18-14-19(25(31)32)16-29(15-18)26(33)34/h2-5,8-11,18-19H,6-7,12-17H2,1H3,(H,28,30)(H,31,32)(H,33,34)/t18-,19+/m1/s1. The molecule has 4 rings (SSSR count). The highest BCUT2D eigenvalue weighted by Gasteiger charge is 2.43. The molecule has 1 fully saturated rings. The van der Waals surface area contributed by atoms with Crippen LogP contribution in [0.5, 0.6) is 11.5 Å². The minimum absolute atomic E-state index is 0.0257. The number of carboxylic acid groups (broad SMARTS) is 2. The molecular formula is C27H32N2O7. The maximum Gasteiger partial charge on any atom is 0.407 e. The van der Waals surface area contributed by atoms with Gasteiger partial charge in [0.15, 0.2) is 0 Å². The smallest absolute Gasteiger partial charge is 0.407 e. The van der Waals surface area contributed by atoms with Gasteiger partial charge >= 0.3 is 12.1 Å². The molecule has 1 saturated heterocycles. The Morgan fingerprint density at radius 1 is 1.00 bits per heavy atom. The van der Waals surface area contributed by atoms with E-state index in [-0.39, 0.29) is 32.0 Å². The summed E-state index contributed by atoms with van der Waals surface area (Å²) in [6, 6.07) is 15.6.